The number of rotatable bonds is 0. The maximum atomic E-state index is 8.00. The van der Waals surface area contributed by atoms with Crippen molar-refractivity contribution in [2.45, 2.75) is 0 Å². The molecule has 0 aliphatic carbocycles. The summed E-state index contributed by atoms with van der Waals surface area (Å²) in [4.78, 5) is 8.00. The molecule has 0 aromatic rings. The van der Waals surface area contributed by atoms with Crippen molar-refractivity contribution in [3.8, 4) is 0 Å². The zero-order valence-electron chi connectivity index (χ0n) is 2.28. The van der Waals surface area contributed by atoms with Crippen LogP contribution in [0.5, 0.6) is 0 Å². The third-order valence-corrected chi connectivity index (χ3v) is 0. The molecule has 0 unspecified atom stereocenters. The number of hydrogen-bond donors (Lipinski definition) is 0. The van der Waals surface area contributed by atoms with Crippen LogP contribution >= 0.6 is 23.7 Å². The molecular weight excluding hydrogens is 115 g/mol. The van der Waals surface area contributed by atoms with Crippen molar-refractivity contribution >= 4 is 30.5 Å². The van der Waals surface area contributed by atoms with E-state index in [4.69, 9.17) is 4.79 Å². The van der Waals surface area contributed by atoms with Crippen LogP contribution in [0.3, 0.4) is 0 Å². The fourth-order valence-electron chi connectivity index (χ4n) is 0. The van der Waals surface area contributed by atoms with Gasteiger partial charge in [-0.25, -0.2) is 0 Å². The van der Waals surface area contributed by atoms with Gasteiger partial charge < -0.3 is 4.79 Å². The number of carbonyl (C=O) groups is 1. The Morgan fingerprint density at radius 1 is 1.40 bits per heavy atom. The van der Waals surface area contributed by atoms with Gasteiger partial charge in [-0.2, -0.15) is 3.84 Å². The van der Waals surface area contributed by atoms with Crippen molar-refractivity contribution in [1.82, 2.24) is 0 Å². The highest BCUT2D eigenvalue weighted by Gasteiger charge is 1.38. The summed E-state index contributed by atoms with van der Waals surface area (Å²) >= 11 is 8.53. The van der Waals surface area contributed by atoms with Gasteiger partial charge in [0.15, 0.2) is 0 Å². The Morgan fingerprint density at radius 3 is 1.40 bits per heavy atom. The minimum atomic E-state index is 2.00. The monoisotopic (exact) mass is 116 g/mol. The minimum absolute atomic E-state index is 2.00. The third-order valence-electron chi connectivity index (χ3n) is 0. The Balaban J connectivity index is 0. The molecule has 0 radical (unpaired) electrons. The number of carbonyl (C=O) groups excluding carboxylic acids is 1. The summed E-state index contributed by atoms with van der Waals surface area (Å²) in [5, 5.41) is 0. The van der Waals surface area contributed by atoms with Gasteiger partial charge >= 0.3 is 0 Å². The summed E-state index contributed by atoms with van der Waals surface area (Å²) in [7, 11) is 0. The molecule has 0 aliphatic heterocycles. The van der Waals surface area contributed by atoms with Crippen molar-refractivity contribution in [2.75, 3.05) is 0 Å². The molecule has 0 saturated heterocycles. The third kappa shape index (κ3) is 466. The van der Waals surface area contributed by atoms with E-state index in [0.717, 1.165) is 0 Å². The molecule has 0 heterocycles. The fraction of sp³-hybridized carbons (Fsp3) is 0. The first kappa shape index (κ1) is 8.96. The van der Waals surface area contributed by atoms with Crippen molar-refractivity contribution < 1.29 is 8.64 Å². The van der Waals surface area contributed by atoms with Crippen LogP contribution in [-0.4, -0.2) is 6.79 Å². The van der Waals surface area contributed by atoms with E-state index in [1.165, 1.54) is 0 Å². The Morgan fingerprint density at radius 2 is 1.40 bits per heavy atom. The lowest BCUT2D eigenvalue weighted by Crippen LogP contribution is -1.15. The van der Waals surface area contributed by atoms with E-state index in [2.05, 4.69) is 27.6 Å². The molecule has 32 valence electrons. The molecule has 0 atom stereocenters. The van der Waals surface area contributed by atoms with Gasteiger partial charge in [0.25, 0.3) is 0 Å². The first-order valence-corrected chi connectivity index (χ1v) is 1.21. The van der Waals surface area contributed by atoms with E-state index in [0.29, 0.717) is 0 Å². The SMILES string of the molecule is C=O.ClOCl. The molecule has 0 rings (SSSR count). The van der Waals surface area contributed by atoms with E-state index in [-0.39, 0.29) is 0 Å². The van der Waals surface area contributed by atoms with Gasteiger partial charge in [0, 0.05) is 0 Å². The van der Waals surface area contributed by atoms with Gasteiger partial charge in [0.05, 0.1) is 23.7 Å². The van der Waals surface area contributed by atoms with Gasteiger partial charge in [-0.1, -0.05) is 0 Å². The lowest BCUT2D eigenvalue weighted by molar-refractivity contribution is -0.0979. The highest BCUT2D eigenvalue weighted by atomic mass is 35.6. The molecule has 0 aromatic carbocycles. The maximum absolute atomic E-state index is 8.00. The molecule has 0 saturated carbocycles. The second-order valence-corrected chi connectivity index (χ2v) is 0.525. The van der Waals surface area contributed by atoms with E-state index in [1.54, 1.807) is 0 Å². The van der Waals surface area contributed by atoms with Crippen molar-refractivity contribution in [1.29, 1.82) is 0 Å². The first-order valence-electron chi connectivity index (χ1n) is 0.597. The quantitative estimate of drug-likeness (QED) is 0.475. The summed E-state index contributed by atoms with van der Waals surface area (Å²) in [5.74, 6) is 0. The van der Waals surface area contributed by atoms with Crippen LogP contribution in [0.2, 0.25) is 0 Å². The Hall–Kier alpha value is 0.210. The average molecular weight is 117 g/mol. The molecular formula is CH2Cl2O2. The largest absolute Gasteiger partial charge is 0.307 e. The maximum Gasteiger partial charge on any atom is 0.106 e. The molecule has 5 heavy (non-hydrogen) atoms. The van der Waals surface area contributed by atoms with E-state index in [1.807, 2.05) is 6.79 Å². The van der Waals surface area contributed by atoms with Crippen LogP contribution in [0.15, 0.2) is 0 Å². The molecule has 0 aliphatic rings. The van der Waals surface area contributed by atoms with Crippen LogP contribution in [0.25, 0.3) is 0 Å². The molecule has 0 aromatic heterocycles. The molecule has 2 nitrogen and oxygen atoms in total. The van der Waals surface area contributed by atoms with Crippen LogP contribution in [0, 0.1) is 0 Å². The standard InChI is InChI=1S/CH2O.Cl2O/c1-2;1-3-2/h1H2;. The summed E-state index contributed by atoms with van der Waals surface area (Å²) in [6.45, 7) is 2.00. The molecule has 0 N–H and O–H groups in total. The van der Waals surface area contributed by atoms with Gasteiger partial charge in [0.1, 0.15) is 6.79 Å². The highest BCUT2D eigenvalue weighted by molar-refractivity contribution is 6.24. The molecule has 0 amide bonds. The van der Waals surface area contributed by atoms with Crippen LogP contribution < -0.4 is 0 Å². The van der Waals surface area contributed by atoms with E-state index < -0.39 is 0 Å². The van der Waals surface area contributed by atoms with Gasteiger partial charge in [-0.3, -0.25) is 0 Å². The zero-order chi connectivity index (χ0) is 4.71. The summed E-state index contributed by atoms with van der Waals surface area (Å²) < 4.78 is 3.19. The van der Waals surface area contributed by atoms with Crippen LogP contribution in [0.1, 0.15) is 0 Å². The zero-order valence-corrected chi connectivity index (χ0v) is 3.79. The summed E-state index contributed by atoms with van der Waals surface area (Å²) in [5.41, 5.74) is 0. The molecule has 0 spiro atoms. The molecule has 0 bridgehead atoms. The van der Waals surface area contributed by atoms with Gasteiger partial charge in [-0.05, 0) is 0 Å². The normalized spacial score (nSPS) is 4.40. The van der Waals surface area contributed by atoms with E-state index >= 15 is 0 Å². The number of halogens is 2. The first-order chi connectivity index (χ1) is 2.41. The van der Waals surface area contributed by atoms with Crippen LogP contribution in [-0.2, 0) is 8.64 Å². The second-order valence-electron chi connectivity index (χ2n) is 0.0583. The minimum Gasteiger partial charge on any atom is -0.307 e. The topological polar surface area (TPSA) is 26.3 Å². The summed E-state index contributed by atoms with van der Waals surface area (Å²) in [6.07, 6.45) is 0. The Kier molecular flexibility index (Phi) is 53.1. The predicted molar refractivity (Wildman–Crippen MR) is 19.9 cm³/mol. The van der Waals surface area contributed by atoms with Gasteiger partial charge in [0.2, 0.25) is 0 Å². The highest BCUT2D eigenvalue weighted by Crippen LogP contribution is 1.78. The van der Waals surface area contributed by atoms with Gasteiger partial charge in [-0.15, -0.1) is 0 Å². The Labute approximate surface area is 40.0 Å². The molecule has 0 fully saturated rings. The Bertz CT molecular complexity index is 11.6. The van der Waals surface area contributed by atoms with Crippen molar-refractivity contribution in [3.05, 3.63) is 0 Å². The van der Waals surface area contributed by atoms with E-state index in [9.17, 15) is 0 Å². The van der Waals surface area contributed by atoms with Crippen molar-refractivity contribution in [3.63, 3.8) is 0 Å². The molecule has 4 heteroatoms. The average Bonchev–Trinajstić information content (AvgIpc) is 1.46. The number of hydrogen-bond acceptors (Lipinski definition) is 2. The van der Waals surface area contributed by atoms with Crippen molar-refractivity contribution in [2.24, 2.45) is 0 Å². The summed E-state index contributed by atoms with van der Waals surface area (Å²) in [6, 6.07) is 0. The smallest absolute Gasteiger partial charge is 0.106 e. The second kappa shape index (κ2) is 29.6. The van der Waals surface area contributed by atoms with Crippen LogP contribution in [0.4, 0.5) is 0 Å². The predicted octanol–water partition coefficient (Wildman–Crippen LogP) is 1.13. The fourth-order valence-corrected chi connectivity index (χ4v) is 0. The lowest BCUT2D eigenvalue weighted by atomic mass is 11.9. The lowest BCUT2D eigenvalue weighted by Gasteiger charge is -1.46.